The van der Waals surface area contributed by atoms with Crippen LogP contribution in [0.4, 0.5) is 10.2 Å². The lowest BCUT2D eigenvalue weighted by Crippen LogP contribution is -2.49. The van der Waals surface area contributed by atoms with Crippen LogP contribution in [0.3, 0.4) is 0 Å². The quantitative estimate of drug-likeness (QED) is 0.457. The topological polar surface area (TPSA) is 67.2 Å². The maximum atomic E-state index is 13.7. The van der Waals surface area contributed by atoms with Gasteiger partial charge in [-0.2, -0.15) is 5.10 Å². The van der Waals surface area contributed by atoms with Crippen LogP contribution >= 0.6 is 0 Å². The fourth-order valence-electron chi connectivity index (χ4n) is 4.14. The fourth-order valence-corrected chi connectivity index (χ4v) is 4.14. The first-order valence-corrected chi connectivity index (χ1v) is 11.3. The van der Waals surface area contributed by atoms with Gasteiger partial charge in [-0.3, -0.25) is 9.48 Å². The van der Waals surface area contributed by atoms with Crippen LogP contribution < -0.4 is 4.90 Å². The van der Waals surface area contributed by atoms with Crippen LogP contribution in [0.15, 0.2) is 72.9 Å². The first-order chi connectivity index (χ1) is 16.6. The molecule has 1 aromatic carbocycles. The van der Waals surface area contributed by atoms with Crippen molar-refractivity contribution in [2.24, 2.45) is 0 Å². The molecule has 5 rings (SSSR count). The van der Waals surface area contributed by atoms with E-state index in [0.29, 0.717) is 30.2 Å². The number of carbonyl (C=O) groups excluding carboxylic acids is 1. The summed E-state index contributed by atoms with van der Waals surface area (Å²) in [6, 6.07) is 20.6. The van der Waals surface area contributed by atoms with Crippen molar-refractivity contribution in [1.82, 2.24) is 24.6 Å². The van der Waals surface area contributed by atoms with Gasteiger partial charge in [0.1, 0.15) is 23.9 Å². The lowest BCUT2D eigenvalue weighted by molar-refractivity contribution is -0.132. The molecule has 1 amide bonds. The molecule has 0 aliphatic carbocycles. The molecule has 0 unspecified atom stereocenters. The van der Waals surface area contributed by atoms with E-state index in [-0.39, 0.29) is 18.3 Å². The summed E-state index contributed by atoms with van der Waals surface area (Å²) in [4.78, 5) is 26.0. The minimum atomic E-state index is -0.355. The molecular weight excluding hydrogens is 431 g/mol. The van der Waals surface area contributed by atoms with E-state index < -0.39 is 0 Å². The van der Waals surface area contributed by atoms with Gasteiger partial charge in [-0.1, -0.05) is 36.4 Å². The van der Waals surface area contributed by atoms with Crippen LogP contribution in [0.25, 0.3) is 22.6 Å². The number of nitrogens with zero attached hydrogens (tertiary/aromatic N) is 6. The second-order valence-electron chi connectivity index (χ2n) is 8.26. The van der Waals surface area contributed by atoms with Crippen molar-refractivity contribution in [1.29, 1.82) is 0 Å². The molecule has 0 radical (unpaired) electrons. The van der Waals surface area contributed by atoms with Crippen LogP contribution in [0.5, 0.6) is 0 Å². The molecule has 1 aliphatic heterocycles. The summed E-state index contributed by atoms with van der Waals surface area (Å²) in [5, 5.41) is 4.69. The van der Waals surface area contributed by atoms with Gasteiger partial charge < -0.3 is 9.80 Å². The number of piperazine rings is 1. The van der Waals surface area contributed by atoms with Crippen molar-refractivity contribution in [2.75, 3.05) is 31.1 Å². The Bertz CT molecular complexity index is 1280. The minimum absolute atomic E-state index is 0.00995. The van der Waals surface area contributed by atoms with Crippen molar-refractivity contribution < 1.29 is 9.18 Å². The molecule has 172 valence electrons. The molecule has 1 saturated heterocycles. The van der Waals surface area contributed by atoms with Gasteiger partial charge in [-0.05, 0) is 42.8 Å². The van der Waals surface area contributed by atoms with E-state index in [4.69, 9.17) is 0 Å². The van der Waals surface area contributed by atoms with Crippen LogP contribution in [0.2, 0.25) is 0 Å². The molecule has 0 atom stereocenters. The number of aryl methyl sites for hydroxylation is 1. The highest BCUT2D eigenvalue weighted by atomic mass is 19.1. The Morgan fingerprint density at radius 3 is 2.41 bits per heavy atom. The Balaban J connectivity index is 1.36. The molecule has 0 spiro atoms. The second-order valence-corrected chi connectivity index (χ2v) is 8.26. The number of amides is 1. The average molecular weight is 457 g/mol. The van der Waals surface area contributed by atoms with E-state index in [0.717, 1.165) is 30.2 Å². The molecule has 1 aliphatic rings. The van der Waals surface area contributed by atoms with Crippen molar-refractivity contribution in [3.05, 3.63) is 84.4 Å². The van der Waals surface area contributed by atoms with E-state index in [9.17, 15) is 9.18 Å². The summed E-state index contributed by atoms with van der Waals surface area (Å²) >= 11 is 0. The summed E-state index contributed by atoms with van der Waals surface area (Å²) in [6.07, 6.45) is 1.78. The Morgan fingerprint density at radius 2 is 1.71 bits per heavy atom. The predicted octanol–water partition coefficient (Wildman–Crippen LogP) is 3.80. The van der Waals surface area contributed by atoms with Crippen LogP contribution in [-0.4, -0.2) is 56.7 Å². The first-order valence-electron chi connectivity index (χ1n) is 11.3. The van der Waals surface area contributed by atoms with Gasteiger partial charge in [0.2, 0.25) is 5.91 Å². The molecule has 34 heavy (non-hydrogen) atoms. The van der Waals surface area contributed by atoms with Gasteiger partial charge in [0, 0.05) is 32.4 Å². The zero-order valence-corrected chi connectivity index (χ0v) is 18.9. The largest absolute Gasteiger partial charge is 0.353 e. The Morgan fingerprint density at radius 1 is 0.941 bits per heavy atom. The molecule has 0 saturated carbocycles. The van der Waals surface area contributed by atoms with Gasteiger partial charge in [-0.25, -0.2) is 14.4 Å². The normalized spacial score (nSPS) is 13.8. The summed E-state index contributed by atoms with van der Waals surface area (Å²) in [6.45, 7) is 4.47. The number of anilines is 1. The average Bonchev–Trinajstić information content (AvgIpc) is 3.30. The van der Waals surface area contributed by atoms with Gasteiger partial charge in [0.25, 0.3) is 0 Å². The van der Waals surface area contributed by atoms with E-state index in [1.165, 1.54) is 6.07 Å². The highest BCUT2D eigenvalue weighted by molar-refractivity contribution is 5.78. The molecule has 4 heterocycles. The van der Waals surface area contributed by atoms with Crippen molar-refractivity contribution >= 4 is 11.7 Å². The summed E-state index contributed by atoms with van der Waals surface area (Å²) in [5.41, 5.74) is 3.27. The minimum Gasteiger partial charge on any atom is -0.353 e. The first kappa shape index (κ1) is 21.8. The third-order valence-electron chi connectivity index (χ3n) is 6.02. The third-order valence-corrected chi connectivity index (χ3v) is 6.02. The highest BCUT2D eigenvalue weighted by Crippen LogP contribution is 2.26. The number of pyridine rings is 2. The van der Waals surface area contributed by atoms with Gasteiger partial charge in [0.05, 0.1) is 17.1 Å². The van der Waals surface area contributed by atoms with Gasteiger partial charge in [-0.15, -0.1) is 0 Å². The van der Waals surface area contributed by atoms with Crippen molar-refractivity contribution in [2.45, 2.75) is 13.5 Å². The zero-order chi connectivity index (χ0) is 23.5. The molecule has 4 aromatic rings. The summed E-state index contributed by atoms with van der Waals surface area (Å²) in [7, 11) is 0. The number of aromatic nitrogens is 4. The van der Waals surface area contributed by atoms with Crippen LogP contribution in [0.1, 0.15) is 5.69 Å². The number of halogens is 1. The van der Waals surface area contributed by atoms with Crippen molar-refractivity contribution in [3.8, 4) is 22.6 Å². The standard InChI is InChI=1S/C26H25FN6O/c1-19-21(27)10-11-22(29-19)23-17-24(20-7-3-2-4-8-20)33(30-23)18-26(34)32-15-13-31(14-16-32)25-9-5-6-12-28-25/h2-12,17H,13-16,18H2,1H3. The Labute approximate surface area is 197 Å². The van der Waals surface area contributed by atoms with E-state index in [2.05, 4.69) is 20.0 Å². The lowest BCUT2D eigenvalue weighted by Gasteiger charge is -2.35. The molecule has 3 aromatic heterocycles. The SMILES string of the molecule is Cc1nc(-c2cc(-c3ccccc3)n(CC(=O)N3CCN(c4ccccn4)CC3)n2)ccc1F. The highest BCUT2D eigenvalue weighted by Gasteiger charge is 2.23. The fraction of sp³-hybridized carbons (Fsp3) is 0.231. The number of carbonyl (C=O) groups is 1. The third kappa shape index (κ3) is 4.52. The molecular formula is C26H25FN6O. The van der Waals surface area contributed by atoms with E-state index in [1.807, 2.05) is 59.5 Å². The lowest BCUT2D eigenvalue weighted by atomic mass is 10.1. The van der Waals surface area contributed by atoms with E-state index in [1.54, 1.807) is 23.9 Å². The summed E-state index contributed by atoms with van der Waals surface area (Å²) < 4.78 is 15.5. The predicted molar refractivity (Wildman–Crippen MR) is 129 cm³/mol. The zero-order valence-electron chi connectivity index (χ0n) is 18.9. The number of hydrogen-bond donors (Lipinski definition) is 0. The van der Waals surface area contributed by atoms with Gasteiger partial charge >= 0.3 is 0 Å². The Hall–Kier alpha value is -4.07. The molecule has 0 N–H and O–H groups in total. The molecule has 8 heteroatoms. The Kier molecular flexibility index (Phi) is 6.03. The smallest absolute Gasteiger partial charge is 0.244 e. The summed E-state index contributed by atoms with van der Waals surface area (Å²) in [5.74, 6) is 0.585. The maximum Gasteiger partial charge on any atom is 0.244 e. The molecule has 7 nitrogen and oxygen atoms in total. The van der Waals surface area contributed by atoms with Crippen LogP contribution in [0, 0.1) is 12.7 Å². The number of rotatable bonds is 5. The van der Waals surface area contributed by atoms with E-state index >= 15 is 0 Å². The van der Waals surface area contributed by atoms with Crippen molar-refractivity contribution in [3.63, 3.8) is 0 Å². The van der Waals surface area contributed by atoms with Gasteiger partial charge in [0.15, 0.2) is 0 Å². The molecule has 0 bridgehead atoms. The second kappa shape index (κ2) is 9.43. The van der Waals surface area contributed by atoms with Crippen LogP contribution in [-0.2, 0) is 11.3 Å². The monoisotopic (exact) mass is 456 g/mol. The maximum absolute atomic E-state index is 13.7. The molecule has 1 fully saturated rings. The number of benzene rings is 1. The number of hydrogen-bond acceptors (Lipinski definition) is 5.